The summed E-state index contributed by atoms with van der Waals surface area (Å²) in [5.41, 5.74) is 3.23. The summed E-state index contributed by atoms with van der Waals surface area (Å²) in [4.78, 5) is 18.0. The van der Waals surface area contributed by atoms with E-state index >= 15 is 0 Å². The van der Waals surface area contributed by atoms with Crippen LogP contribution in [0, 0.1) is 12.7 Å². The van der Waals surface area contributed by atoms with Crippen LogP contribution in [0.5, 0.6) is 11.5 Å². The number of nitrogens with one attached hydrogen (secondary N) is 1. The van der Waals surface area contributed by atoms with E-state index in [1.54, 1.807) is 20.3 Å². The van der Waals surface area contributed by atoms with Crippen molar-refractivity contribution < 1.29 is 18.7 Å². The highest BCUT2D eigenvalue weighted by Crippen LogP contribution is 2.39. The molecule has 1 aliphatic rings. The van der Waals surface area contributed by atoms with Gasteiger partial charge in [-0.25, -0.2) is 4.39 Å². The van der Waals surface area contributed by atoms with E-state index in [2.05, 4.69) is 4.98 Å². The lowest BCUT2D eigenvalue weighted by Gasteiger charge is -2.19. The van der Waals surface area contributed by atoms with Crippen LogP contribution < -0.4 is 9.47 Å². The van der Waals surface area contributed by atoms with Crippen molar-refractivity contribution in [3.05, 3.63) is 59.0 Å². The highest BCUT2D eigenvalue weighted by Gasteiger charge is 2.30. The van der Waals surface area contributed by atoms with Crippen LogP contribution in [0.3, 0.4) is 0 Å². The number of aromatic nitrogens is 1. The number of carbonyl (C=O) groups excluding carboxylic acids is 1. The van der Waals surface area contributed by atoms with Crippen LogP contribution in [0.4, 0.5) is 4.39 Å². The average molecular weight is 396 g/mol. The summed E-state index contributed by atoms with van der Waals surface area (Å²) in [7, 11) is 3.26. The van der Waals surface area contributed by atoms with Gasteiger partial charge in [-0.15, -0.1) is 0 Å². The molecule has 0 radical (unpaired) electrons. The molecule has 2 aromatic carbocycles. The number of fused-ring (bicyclic) bond motifs is 1. The molecule has 3 aromatic rings. The number of halogens is 1. The lowest BCUT2D eigenvalue weighted by atomic mass is 9.97. The Morgan fingerprint density at radius 3 is 2.76 bits per heavy atom. The third kappa shape index (κ3) is 3.43. The number of aryl methyl sites for hydroxylation is 1. The fourth-order valence-corrected chi connectivity index (χ4v) is 4.33. The van der Waals surface area contributed by atoms with Crippen LogP contribution >= 0.6 is 0 Å². The number of likely N-dealkylation sites (tertiary alicyclic amines) is 1. The van der Waals surface area contributed by atoms with Crippen molar-refractivity contribution in [3.8, 4) is 11.5 Å². The molecule has 6 heteroatoms. The van der Waals surface area contributed by atoms with Crippen molar-refractivity contribution >= 4 is 16.8 Å². The summed E-state index contributed by atoms with van der Waals surface area (Å²) >= 11 is 0. The number of nitrogens with zero attached hydrogens (tertiary/aromatic N) is 1. The third-order valence-corrected chi connectivity index (χ3v) is 5.85. The molecule has 1 amide bonds. The molecule has 152 valence electrons. The minimum absolute atomic E-state index is 0.0580. The molecule has 4 rings (SSSR count). The number of hydrogen-bond donors (Lipinski definition) is 1. The summed E-state index contributed by atoms with van der Waals surface area (Å²) in [6.07, 6.45) is 1.13. The molecular weight excluding hydrogens is 371 g/mol. The molecule has 0 saturated carbocycles. The van der Waals surface area contributed by atoms with Gasteiger partial charge < -0.3 is 19.4 Å². The average Bonchev–Trinajstić information content (AvgIpc) is 3.34. The normalized spacial score (nSPS) is 16.4. The summed E-state index contributed by atoms with van der Waals surface area (Å²) in [5, 5.41) is 0.779. The number of H-pyrrole nitrogens is 1. The fourth-order valence-electron chi connectivity index (χ4n) is 4.33. The largest absolute Gasteiger partial charge is 0.493 e. The number of methoxy groups -OCH3 is 2. The van der Waals surface area contributed by atoms with Gasteiger partial charge in [-0.1, -0.05) is 24.3 Å². The van der Waals surface area contributed by atoms with Crippen LogP contribution in [0.1, 0.15) is 29.2 Å². The number of ether oxygens (including phenoxy) is 2. The molecule has 1 fully saturated rings. The van der Waals surface area contributed by atoms with Gasteiger partial charge in [0.15, 0.2) is 11.5 Å². The maximum absolute atomic E-state index is 14.0. The van der Waals surface area contributed by atoms with E-state index in [9.17, 15) is 9.18 Å². The van der Waals surface area contributed by atoms with Gasteiger partial charge in [0, 0.05) is 35.7 Å². The van der Waals surface area contributed by atoms with Crippen molar-refractivity contribution in [1.82, 2.24) is 9.88 Å². The highest BCUT2D eigenvalue weighted by atomic mass is 19.1. The number of aromatic amines is 1. The Morgan fingerprint density at radius 2 is 2.00 bits per heavy atom. The Bertz CT molecular complexity index is 1060. The van der Waals surface area contributed by atoms with E-state index in [4.69, 9.17) is 9.47 Å². The smallest absolute Gasteiger partial charge is 0.227 e. The van der Waals surface area contributed by atoms with Crippen LogP contribution in [-0.2, 0) is 11.2 Å². The van der Waals surface area contributed by atoms with Gasteiger partial charge in [0.25, 0.3) is 0 Å². The second-order valence-corrected chi connectivity index (χ2v) is 7.48. The lowest BCUT2D eigenvalue weighted by Crippen LogP contribution is -2.30. The first-order valence-corrected chi connectivity index (χ1v) is 9.77. The molecule has 0 bridgehead atoms. The Kier molecular flexibility index (Phi) is 5.18. The molecule has 2 heterocycles. The fraction of sp³-hybridized carbons (Fsp3) is 0.348. The Balaban J connectivity index is 1.53. The van der Waals surface area contributed by atoms with Gasteiger partial charge in [-0.2, -0.15) is 0 Å². The molecule has 1 saturated heterocycles. The van der Waals surface area contributed by atoms with E-state index in [1.807, 2.05) is 36.1 Å². The van der Waals surface area contributed by atoms with E-state index in [0.29, 0.717) is 24.4 Å². The van der Waals surface area contributed by atoms with Gasteiger partial charge in [0.05, 0.1) is 26.2 Å². The molecule has 1 unspecified atom stereocenters. The maximum atomic E-state index is 14.0. The van der Waals surface area contributed by atoms with Gasteiger partial charge >= 0.3 is 0 Å². The summed E-state index contributed by atoms with van der Waals surface area (Å²) in [6, 6.07) is 10.8. The molecule has 1 aromatic heterocycles. The summed E-state index contributed by atoms with van der Waals surface area (Å²) < 4.78 is 25.0. The lowest BCUT2D eigenvalue weighted by molar-refractivity contribution is -0.129. The Labute approximate surface area is 169 Å². The molecule has 5 nitrogen and oxygen atoms in total. The molecule has 1 aliphatic heterocycles. The van der Waals surface area contributed by atoms with Crippen molar-refractivity contribution in [2.75, 3.05) is 27.3 Å². The van der Waals surface area contributed by atoms with Crippen molar-refractivity contribution in [1.29, 1.82) is 0 Å². The predicted octanol–water partition coefficient (Wildman–Crippen LogP) is 4.19. The van der Waals surface area contributed by atoms with Crippen LogP contribution in [0.15, 0.2) is 36.4 Å². The second-order valence-electron chi connectivity index (χ2n) is 7.48. The van der Waals surface area contributed by atoms with Gasteiger partial charge in [0.2, 0.25) is 5.91 Å². The first-order valence-electron chi connectivity index (χ1n) is 9.77. The quantitative estimate of drug-likeness (QED) is 0.704. The number of hydrogen-bond acceptors (Lipinski definition) is 3. The number of amides is 1. The third-order valence-electron chi connectivity index (χ3n) is 5.85. The molecule has 0 spiro atoms. The highest BCUT2D eigenvalue weighted by molar-refractivity contribution is 5.90. The molecule has 1 atom stereocenters. The van der Waals surface area contributed by atoms with E-state index < -0.39 is 0 Å². The topological polar surface area (TPSA) is 54.6 Å². The van der Waals surface area contributed by atoms with Crippen molar-refractivity contribution in [2.24, 2.45) is 0 Å². The summed E-state index contributed by atoms with van der Waals surface area (Å²) in [6.45, 7) is 3.22. The van der Waals surface area contributed by atoms with E-state index in [1.165, 1.54) is 6.07 Å². The standard InChI is InChI=1S/C23H25FN2O3/c1-14-18(17-7-4-8-19(24)22(17)25-14)12-21(27)26-11-10-15(13-26)16-6-5-9-20(28-2)23(16)29-3/h4-9,15,25H,10-13H2,1-3H3. The number of benzene rings is 2. The zero-order valence-electron chi connectivity index (χ0n) is 16.9. The van der Waals surface area contributed by atoms with Crippen molar-refractivity contribution in [2.45, 2.75) is 25.7 Å². The minimum Gasteiger partial charge on any atom is -0.493 e. The number of carbonyl (C=O) groups is 1. The van der Waals surface area contributed by atoms with E-state index in [-0.39, 0.29) is 24.1 Å². The Hall–Kier alpha value is -3.02. The Morgan fingerprint density at radius 1 is 1.21 bits per heavy atom. The first kappa shape index (κ1) is 19.3. The molecular formula is C23H25FN2O3. The van der Waals surface area contributed by atoms with Crippen molar-refractivity contribution in [3.63, 3.8) is 0 Å². The monoisotopic (exact) mass is 396 g/mol. The molecule has 1 N–H and O–H groups in total. The molecule has 0 aliphatic carbocycles. The zero-order valence-corrected chi connectivity index (χ0v) is 16.9. The summed E-state index contributed by atoms with van der Waals surface area (Å²) in [5.74, 6) is 1.40. The zero-order chi connectivity index (χ0) is 20.5. The maximum Gasteiger partial charge on any atom is 0.227 e. The number of rotatable bonds is 5. The van der Waals surface area contributed by atoms with Crippen LogP contribution in [-0.4, -0.2) is 43.1 Å². The predicted molar refractivity (Wildman–Crippen MR) is 110 cm³/mol. The first-order chi connectivity index (χ1) is 14.0. The molecule has 29 heavy (non-hydrogen) atoms. The van der Waals surface area contributed by atoms with Crippen LogP contribution in [0.25, 0.3) is 10.9 Å². The second kappa shape index (κ2) is 7.78. The van der Waals surface area contributed by atoms with Crippen LogP contribution in [0.2, 0.25) is 0 Å². The minimum atomic E-state index is -0.296. The van der Waals surface area contributed by atoms with Gasteiger partial charge in [-0.3, -0.25) is 4.79 Å². The van der Waals surface area contributed by atoms with Gasteiger partial charge in [0.1, 0.15) is 5.82 Å². The van der Waals surface area contributed by atoms with E-state index in [0.717, 1.165) is 34.4 Å². The SMILES string of the molecule is COc1cccc(C2CCN(C(=O)Cc3c(C)[nH]c4c(F)cccc34)C2)c1OC. The van der Waals surface area contributed by atoms with Gasteiger partial charge in [-0.05, 0) is 31.0 Å². The number of para-hydroxylation sites is 2.